The highest BCUT2D eigenvalue weighted by Gasteiger charge is 2.20. The Morgan fingerprint density at radius 2 is 1.78 bits per heavy atom. The van der Waals surface area contributed by atoms with Gasteiger partial charge in [0.25, 0.3) is 0 Å². The van der Waals surface area contributed by atoms with E-state index in [0.717, 1.165) is 17.0 Å². The van der Waals surface area contributed by atoms with E-state index in [1.807, 2.05) is 42.5 Å². The van der Waals surface area contributed by atoms with Crippen molar-refractivity contribution in [1.29, 1.82) is 0 Å². The maximum Gasteiger partial charge on any atom is 0.314 e. The lowest BCUT2D eigenvalue weighted by Crippen LogP contribution is -2.42. The highest BCUT2D eigenvalue weighted by Crippen LogP contribution is 2.21. The largest absolute Gasteiger partial charge is 0.338 e. The van der Waals surface area contributed by atoms with Crippen LogP contribution < -0.4 is 10.6 Å². The van der Waals surface area contributed by atoms with Crippen LogP contribution in [0.5, 0.6) is 0 Å². The van der Waals surface area contributed by atoms with Crippen molar-refractivity contribution >= 4 is 17.6 Å². The Morgan fingerprint density at radius 1 is 1.04 bits per heavy atom. The average Bonchev–Trinajstić information content (AvgIpc) is 2.54. The van der Waals surface area contributed by atoms with E-state index in [9.17, 15) is 4.79 Å². The molecule has 0 spiro atoms. The first kappa shape index (κ1) is 17.4. The van der Waals surface area contributed by atoms with Crippen molar-refractivity contribution in [1.82, 2.24) is 10.6 Å². The minimum absolute atomic E-state index is 0.106. The predicted octanol–water partition coefficient (Wildman–Crippen LogP) is 4.16. The lowest BCUT2D eigenvalue weighted by molar-refractivity contribution is 0.238. The van der Waals surface area contributed by atoms with Gasteiger partial charge in [-0.2, -0.15) is 0 Å². The lowest BCUT2D eigenvalue weighted by Gasteiger charge is -2.25. The van der Waals surface area contributed by atoms with Crippen molar-refractivity contribution in [3.63, 3.8) is 0 Å². The fourth-order valence-electron chi connectivity index (χ4n) is 2.37. The third-order valence-electron chi connectivity index (χ3n) is 3.83. The summed E-state index contributed by atoms with van der Waals surface area (Å²) in [7, 11) is 0. The Morgan fingerprint density at radius 3 is 2.48 bits per heavy atom. The van der Waals surface area contributed by atoms with E-state index < -0.39 is 0 Å². The van der Waals surface area contributed by atoms with E-state index in [1.165, 1.54) is 5.56 Å². The first-order valence-electron chi connectivity index (χ1n) is 7.79. The van der Waals surface area contributed by atoms with Gasteiger partial charge in [0.05, 0.1) is 0 Å². The molecule has 4 heteroatoms. The smallest absolute Gasteiger partial charge is 0.314 e. The van der Waals surface area contributed by atoms with E-state index >= 15 is 0 Å². The molecule has 0 heterocycles. The number of carbonyl (C=O) groups is 1. The topological polar surface area (TPSA) is 41.1 Å². The Kier molecular flexibility index (Phi) is 6.05. The molecular weight excluding hydrogens is 308 g/mol. The number of halogens is 1. The fraction of sp³-hybridized carbons (Fsp3) is 0.316. The molecule has 0 aliphatic heterocycles. The molecule has 0 radical (unpaired) electrons. The maximum atomic E-state index is 11.9. The quantitative estimate of drug-likeness (QED) is 0.820. The highest BCUT2D eigenvalue weighted by atomic mass is 35.5. The number of hydrogen-bond acceptors (Lipinski definition) is 1. The number of carbonyl (C=O) groups excluding carboxylic acids is 1. The molecule has 2 rings (SSSR count). The van der Waals surface area contributed by atoms with Crippen molar-refractivity contribution in [2.45, 2.75) is 25.7 Å². The summed E-state index contributed by atoms with van der Waals surface area (Å²) in [5.74, 6) is 0. The third kappa shape index (κ3) is 5.61. The molecule has 3 nitrogen and oxygen atoms in total. The summed E-state index contributed by atoms with van der Waals surface area (Å²) in [6, 6.07) is 17.7. The molecule has 0 aliphatic rings. The van der Waals surface area contributed by atoms with Crippen molar-refractivity contribution in [3.05, 3.63) is 70.7 Å². The van der Waals surface area contributed by atoms with E-state index in [4.69, 9.17) is 11.6 Å². The summed E-state index contributed by atoms with van der Waals surface area (Å²) in [5, 5.41) is 6.54. The van der Waals surface area contributed by atoms with Crippen molar-refractivity contribution in [2.75, 3.05) is 13.1 Å². The molecule has 23 heavy (non-hydrogen) atoms. The summed E-state index contributed by atoms with van der Waals surface area (Å²) in [6.07, 6.45) is 0.760. The Bertz CT molecular complexity index is 641. The molecule has 2 amide bonds. The van der Waals surface area contributed by atoms with E-state index in [-0.39, 0.29) is 11.4 Å². The second-order valence-corrected chi connectivity index (χ2v) is 6.68. The molecule has 2 N–H and O–H groups in total. The van der Waals surface area contributed by atoms with Crippen LogP contribution in [0.4, 0.5) is 4.79 Å². The van der Waals surface area contributed by atoms with Crippen LogP contribution in [0.25, 0.3) is 0 Å². The van der Waals surface area contributed by atoms with Gasteiger partial charge in [0.1, 0.15) is 0 Å². The normalized spacial score (nSPS) is 11.1. The summed E-state index contributed by atoms with van der Waals surface area (Å²) in [4.78, 5) is 11.9. The van der Waals surface area contributed by atoms with Gasteiger partial charge in [-0.15, -0.1) is 0 Å². The zero-order valence-electron chi connectivity index (χ0n) is 13.6. The molecule has 0 saturated heterocycles. The molecule has 2 aromatic rings. The number of rotatable bonds is 6. The van der Waals surface area contributed by atoms with Crippen molar-refractivity contribution in [3.8, 4) is 0 Å². The van der Waals surface area contributed by atoms with Crippen LogP contribution in [-0.2, 0) is 11.8 Å². The summed E-state index contributed by atoms with van der Waals surface area (Å²) < 4.78 is 0. The van der Waals surface area contributed by atoms with Gasteiger partial charge >= 0.3 is 6.03 Å². The zero-order chi connectivity index (χ0) is 16.7. The maximum absolute atomic E-state index is 11.9. The second-order valence-electron chi connectivity index (χ2n) is 6.24. The number of nitrogens with one attached hydrogen (secondary N) is 2. The van der Waals surface area contributed by atoms with Crippen LogP contribution in [0.1, 0.15) is 25.0 Å². The van der Waals surface area contributed by atoms with Gasteiger partial charge in [-0.25, -0.2) is 4.79 Å². The van der Waals surface area contributed by atoms with Crippen LogP contribution in [-0.4, -0.2) is 19.1 Å². The van der Waals surface area contributed by atoms with Gasteiger partial charge in [0, 0.05) is 23.5 Å². The minimum Gasteiger partial charge on any atom is -0.338 e. The van der Waals surface area contributed by atoms with Crippen molar-refractivity contribution in [2.24, 2.45) is 0 Å². The fourth-order valence-corrected chi connectivity index (χ4v) is 2.58. The van der Waals surface area contributed by atoms with Crippen LogP contribution in [0.3, 0.4) is 0 Å². The van der Waals surface area contributed by atoms with E-state index in [2.05, 4.69) is 36.6 Å². The Hall–Kier alpha value is -2.00. The third-order valence-corrected chi connectivity index (χ3v) is 4.07. The minimum atomic E-state index is -0.143. The summed E-state index contributed by atoms with van der Waals surface area (Å²) >= 11 is 5.94. The van der Waals surface area contributed by atoms with Crippen LogP contribution in [0.15, 0.2) is 54.6 Å². The number of urea groups is 1. The zero-order valence-corrected chi connectivity index (χ0v) is 14.4. The van der Waals surface area contributed by atoms with Crippen molar-refractivity contribution < 1.29 is 4.79 Å². The van der Waals surface area contributed by atoms with Crippen LogP contribution in [0.2, 0.25) is 5.02 Å². The molecular formula is C19H23ClN2O. The molecule has 2 aromatic carbocycles. The molecule has 0 aromatic heterocycles. The number of amides is 2. The summed E-state index contributed by atoms with van der Waals surface area (Å²) in [5.41, 5.74) is 2.22. The molecule has 0 fully saturated rings. The van der Waals surface area contributed by atoms with Crippen LogP contribution in [0, 0.1) is 0 Å². The van der Waals surface area contributed by atoms with Gasteiger partial charge < -0.3 is 10.6 Å². The summed E-state index contributed by atoms with van der Waals surface area (Å²) in [6.45, 7) is 5.40. The molecule has 0 unspecified atom stereocenters. The SMILES string of the molecule is CC(C)(CNC(=O)NCCc1cccc(Cl)c1)c1ccccc1. The van der Waals surface area contributed by atoms with Gasteiger partial charge in [-0.1, -0.05) is 67.9 Å². The van der Waals surface area contributed by atoms with Crippen LogP contribution >= 0.6 is 11.6 Å². The van der Waals surface area contributed by atoms with E-state index in [0.29, 0.717) is 13.1 Å². The van der Waals surface area contributed by atoms with Gasteiger partial charge in [0.2, 0.25) is 0 Å². The number of benzene rings is 2. The molecule has 0 aliphatic carbocycles. The Labute approximate surface area is 143 Å². The van der Waals surface area contributed by atoms with Gasteiger partial charge in [-0.3, -0.25) is 0 Å². The predicted molar refractivity (Wildman–Crippen MR) is 96.0 cm³/mol. The lowest BCUT2D eigenvalue weighted by atomic mass is 9.85. The van der Waals surface area contributed by atoms with E-state index in [1.54, 1.807) is 0 Å². The standard InChI is InChI=1S/C19H23ClN2O/c1-19(2,16-8-4-3-5-9-16)14-22-18(23)21-12-11-15-7-6-10-17(20)13-15/h3-10,13H,11-12,14H2,1-2H3,(H2,21,22,23). The van der Waals surface area contributed by atoms with Gasteiger partial charge in [-0.05, 0) is 29.7 Å². The Balaban J connectivity index is 1.75. The average molecular weight is 331 g/mol. The highest BCUT2D eigenvalue weighted by molar-refractivity contribution is 6.30. The first-order valence-corrected chi connectivity index (χ1v) is 8.17. The molecule has 0 bridgehead atoms. The molecule has 122 valence electrons. The second kappa shape index (κ2) is 8.02. The molecule has 0 atom stereocenters. The monoisotopic (exact) mass is 330 g/mol. The molecule has 0 saturated carbocycles. The van der Waals surface area contributed by atoms with Gasteiger partial charge in [0.15, 0.2) is 0 Å². The number of hydrogen-bond donors (Lipinski definition) is 2. The first-order chi connectivity index (χ1) is 11.0.